The Kier molecular flexibility index (Phi) is 2.39. The van der Waals surface area contributed by atoms with Crippen LogP contribution in [0.4, 0.5) is 5.95 Å². The van der Waals surface area contributed by atoms with E-state index in [1.165, 1.54) is 5.56 Å². The van der Waals surface area contributed by atoms with E-state index in [2.05, 4.69) is 48.5 Å². The molecule has 2 N–H and O–H groups in total. The van der Waals surface area contributed by atoms with Crippen molar-refractivity contribution in [3.05, 3.63) is 23.8 Å². The van der Waals surface area contributed by atoms with E-state index < -0.39 is 0 Å². The monoisotopic (exact) mass is 203 g/mol. The minimum absolute atomic E-state index is 0.400. The molecule has 1 aromatic carbocycles. The number of nitrogens with two attached hydrogens (primary N) is 1. The number of benzene rings is 1. The molecule has 1 heterocycles. The summed E-state index contributed by atoms with van der Waals surface area (Å²) in [5, 5.41) is 0. The number of para-hydroxylation sites is 1. The zero-order valence-electron chi connectivity index (χ0n) is 9.49. The lowest BCUT2D eigenvalue weighted by atomic mass is 10.2. The smallest absolute Gasteiger partial charge is 0.201 e. The summed E-state index contributed by atoms with van der Waals surface area (Å²) < 4.78 is 2.11. The first-order valence-electron chi connectivity index (χ1n) is 5.38. The van der Waals surface area contributed by atoms with E-state index >= 15 is 0 Å². The summed E-state index contributed by atoms with van der Waals surface area (Å²) in [6, 6.07) is 6.60. The molecule has 0 aliphatic heterocycles. The van der Waals surface area contributed by atoms with Gasteiger partial charge in [0, 0.05) is 6.04 Å². The van der Waals surface area contributed by atoms with E-state index in [1.54, 1.807) is 0 Å². The molecule has 1 atom stereocenters. The molecule has 0 radical (unpaired) electrons. The maximum atomic E-state index is 5.95. The average molecular weight is 203 g/mol. The van der Waals surface area contributed by atoms with Crippen molar-refractivity contribution in [1.29, 1.82) is 0 Å². The summed E-state index contributed by atoms with van der Waals surface area (Å²) in [5.41, 5.74) is 9.30. The number of hydrogen-bond donors (Lipinski definition) is 1. The van der Waals surface area contributed by atoms with Gasteiger partial charge in [-0.2, -0.15) is 0 Å². The van der Waals surface area contributed by atoms with Crippen molar-refractivity contribution in [2.75, 3.05) is 5.73 Å². The standard InChI is InChI=1S/C12H17N3/c1-4-9(3)15-10-7-5-6-8(2)11(10)14-12(15)13/h5-7,9H,4H2,1-3H3,(H2,13,14). The van der Waals surface area contributed by atoms with Crippen LogP contribution >= 0.6 is 0 Å². The molecule has 2 rings (SSSR count). The predicted octanol–water partition coefficient (Wildman–Crippen LogP) is 2.90. The Bertz CT molecular complexity index is 485. The number of aromatic nitrogens is 2. The van der Waals surface area contributed by atoms with Crippen LogP contribution < -0.4 is 5.73 Å². The molecule has 80 valence electrons. The first kappa shape index (κ1) is 10.0. The van der Waals surface area contributed by atoms with Gasteiger partial charge in [-0.05, 0) is 31.9 Å². The van der Waals surface area contributed by atoms with Crippen LogP contribution in [0.3, 0.4) is 0 Å². The van der Waals surface area contributed by atoms with Crippen LogP contribution in [0.1, 0.15) is 31.9 Å². The predicted molar refractivity (Wildman–Crippen MR) is 63.9 cm³/mol. The summed E-state index contributed by atoms with van der Waals surface area (Å²) in [6.07, 6.45) is 1.06. The van der Waals surface area contributed by atoms with Gasteiger partial charge in [0.15, 0.2) is 0 Å². The van der Waals surface area contributed by atoms with E-state index in [0.29, 0.717) is 12.0 Å². The molecule has 0 spiro atoms. The number of imidazole rings is 1. The van der Waals surface area contributed by atoms with Gasteiger partial charge in [-0.15, -0.1) is 0 Å². The fraction of sp³-hybridized carbons (Fsp3) is 0.417. The first-order chi connectivity index (χ1) is 7.15. The third kappa shape index (κ3) is 1.48. The number of fused-ring (bicyclic) bond motifs is 1. The number of rotatable bonds is 2. The normalized spacial score (nSPS) is 13.3. The third-order valence-electron chi connectivity index (χ3n) is 2.98. The number of hydrogen-bond acceptors (Lipinski definition) is 2. The van der Waals surface area contributed by atoms with Crippen LogP contribution in [0.5, 0.6) is 0 Å². The van der Waals surface area contributed by atoms with Gasteiger partial charge >= 0.3 is 0 Å². The summed E-state index contributed by atoms with van der Waals surface area (Å²) in [4.78, 5) is 4.42. The van der Waals surface area contributed by atoms with Gasteiger partial charge in [0.2, 0.25) is 5.95 Å². The van der Waals surface area contributed by atoms with Crippen LogP contribution in [0.15, 0.2) is 18.2 Å². The van der Waals surface area contributed by atoms with Crippen LogP contribution in [0.25, 0.3) is 11.0 Å². The highest BCUT2D eigenvalue weighted by atomic mass is 15.2. The molecule has 0 amide bonds. The van der Waals surface area contributed by atoms with Crippen LogP contribution in [0.2, 0.25) is 0 Å². The summed E-state index contributed by atoms with van der Waals surface area (Å²) in [7, 11) is 0. The lowest BCUT2D eigenvalue weighted by Crippen LogP contribution is -2.07. The Hall–Kier alpha value is -1.51. The molecular formula is C12H17N3. The molecule has 0 aliphatic rings. The van der Waals surface area contributed by atoms with Crippen LogP contribution in [-0.2, 0) is 0 Å². The second kappa shape index (κ2) is 3.57. The Morgan fingerprint density at radius 3 is 2.87 bits per heavy atom. The molecule has 0 saturated carbocycles. The zero-order valence-corrected chi connectivity index (χ0v) is 9.49. The summed E-state index contributed by atoms with van der Waals surface area (Å²) >= 11 is 0. The third-order valence-corrected chi connectivity index (χ3v) is 2.98. The van der Waals surface area contributed by atoms with E-state index in [9.17, 15) is 0 Å². The summed E-state index contributed by atoms with van der Waals surface area (Å²) in [5.74, 6) is 0.619. The number of anilines is 1. The summed E-state index contributed by atoms with van der Waals surface area (Å²) in [6.45, 7) is 6.39. The van der Waals surface area contributed by atoms with Gasteiger partial charge in [-0.3, -0.25) is 0 Å². The molecule has 0 saturated heterocycles. The van der Waals surface area contributed by atoms with E-state index in [4.69, 9.17) is 5.73 Å². The molecule has 0 aliphatic carbocycles. The van der Waals surface area contributed by atoms with Gasteiger partial charge in [0.25, 0.3) is 0 Å². The average Bonchev–Trinajstić information content (AvgIpc) is 2.55. The van der Waals surface area contributed by atoms with Gasteiger partial charge < -0.3 is 10.3 Å². The van der Waals surface area contributed by atoms with E-state index in [0.717, 1.165) is 17.5 Å². The van der Waals surface area contributed by atoms with Gasteiger partial charge in [-0.25, -0.2) is 4.98 Å². The topological polar surface area (TPSA) is 43.8 Å². The van der Waals surface area contributed by atoms with Crippen LogP contribution in [-0.4, -0.2) is 9.55 Å². The second-order valence-corrected chi connectivity index (χ2v) is 4.04. The Morgan fingerprint density at radius 2 is 2.20 bits per heavy atom. The second-order valence-electron chi connectivity index (χ2n) is 4.04. The highest BCUT2D eigenvalue weighted by Gasteiger charge is 2.13. The van der Waals surface area contributed by atoms with Gasteiger partial charge in [-0.1, -0.05) is 19.1 Å². The molecule has 1 aromatic heterocycles. The Balaban J connectivity index is 2.73. The van der Waals surface area contributed by atoms with Gasteiger partial charge in [0.05, 0.1) is 11.0 Å². The first-order valence-corrected chi connectivity index (χ1v) is 5.38. The Morgan fingerprint density at radius 1 is 1.47 bits per heavy atom. The van der Waals surface area contributed by atoms with Crippen molar-refractivity contribution in [2.45, 2.75) is 33.2 Å². The fourth-order valence-corrected chi connectivity index (χ4v) is 1.92. The van der Waals surface area contributed by atoms with Crippen molar-refractivity contribution < 1.29 is 0 Å². The molecule has 3 heteroatoms. The largest absolute Gasteiger partial charge is 0.369 e. The van der Waals surface area contributed by atoms with Crippen molar-refractivity contribution in [2.24, 2.45) is 0 Å². The molecular weight excluding hydrogens is 186 g/mol. The number of nitrogens with zero attached hydrogens (tertiary/aromatic N) is 2. The highest BCUT2D eigenvalue weighted by Crippen LogP contribution is 2.25. The minimum atomic E-state index is 0.400. The lowest BCUT2D eigenvalue weighted by Gasteiger charge is -2.13. The van der Waals surface area contributed by atoms with Crippen molar-refractivity contribution >= 4 is 17.0 Å². The van der Waals surface area contributed by atoms with E-state index in [-0.39, 0.29) is 0 Å². The minimum Gasteiger partial charge on any atom is -0.369 e. The SMILES string of the molecule is CCC(C)n1c(N)nc2c(C)cccc21. The van der Waals surface area contributed by atoms with Crippen molar-refractivity contribution in [3.63, 3.8) is 0 Å². The lowest BCUT2D eigenvalue weighted by molar-refractivity contribution is 0.552. The quantitative estimate of drug-likeness (QED) is 0.815. The highest BCUT2D eigenvalue weighted by molar-refractivity contribution is 5.81. The zero-order chi connectivity index (χ0) is 11.0. The molecule has 15 heavy (non-hydrogen) atoms. The molecule has 0 fully saturated rings. The molecule has 3 nitrogen and oxygen atoms in total. The van der Waals surface area contributed by atoms with Crippen molar-refractivity contribution in [1.82, 2.24) is 9.55 Å². The Labute approximate surface area is 89.9 Å². The maximum Gasteiger partial charge on any atom is 0.201 e. The number of aryl methyl sites for hydroxylation is 1. The van der Waals surface area contributed by atoms with Crippen molar-refractivity contribution in [3.8, 4) is 0 Å². The van der Waals surface area contributed by atoms with E-state index in [1.807, 2.05) is 0 Å². The molecule has 2 aromatic rings. The molecule has 1 unspecified atom stereocenters. The number of nitrogen functional groups attached to an aromatic ring is 1. The van der Waals surface area contributed by atoms with Crippen LogP contribution in [0, 0.1) is 6.92 Å². The molecule has 0 bridgehead atoms. The van der Waals surface area contributed by atoms with Gasteiger partial charge in [0.1, 0.15) is 0 Å². The maximum absolute atomic E-state index is 5.95. The fourth-order valence-electron chi connectivity index (χ4n) is 1.92.